The number of carbonyl (C=O) groups excluding carboxylic acids is 1. The Bertz CT molecular complexity index is 599. The van der Waals surface area contributed by atoms with Crippen LogP contribution in [0.15, 0.2) is 12.1 Å². The van der Waals surface area contributed by atoms with Gasteiger partial charge in [-0.3, -0.25) is 4.79 Å². The Hall–Kier alpha value is -1.67. The summed E-state index contributed by atoms with van der Waals surface area (Å²) in [5, 5.41) is 5.65. The van der Waals surface area contributed by atoms with Crippen LogP contribution in [0.5, 0.6) is 0 Å². The van der Waals surface area contributed by atoms with Crippen LogP contribution in [0.25, 0.3) is 0 Å². The molecule has 1 rings (SSSR count). The van der Waals surface area contributed by atoms with Crippen molar-refractivity contribution < 1.29 is 13.2 Å². The lowest BCUT2D eigenvalue weighted by atomic mass is 10.2. The SMILES string of the molecule is CCNc1cc(C(=O)NCCS(=O)(=O)N(C)C)cc(C)n1. The van der Waals surface area contributed by atoms with Crippen LogP contribution in [0.1, 0.15) is 23.0 Å². The highest BCUT2D eigenvalue weighted by molar-refractivity contribution is 7.89. The van der Waals surface area contributed by atoms with Crippen LogP contribution in [0.3, 0.4) is 0 Å². The molecule has 0 saturated carbocycles. The van der Waals surface area contributed by atoms with Crippen LogP contribution in [0, 0.1) is 6.92 Å². The van der Waals surface area contributed by atoms with Crippen molar-refractivity contribution in [3.63, 3.8) is 0 Å². The van der Waals surface area contributed by atoms with Crippen molar-refractivity contribution >= 4 is 21.7 Å². The molecule has 0 aliphatic heterocycles. The van der Waals surface area contributed by atoms with Crippen LogP contribution in [-0.2, 0) is 10.0 Å². The molecular formula is C13H22N4O3S. The minimum atomic E-state index is -3.31. The van der Waals surface area contributed by atoms with Gasteiger partial charge in [-0.2, -0.15) is 0 Å². The number of pyridine rings is 1. The second-order valence-corrected chi connectivity index (χ2v) is 7.07. The summed E-state index contributed by atoms with van der Waals surface area (Å²) in [6, 6.07) is 3.31. The van der Waals surface area contributed by atoms with E-state index in [0.717, 1.165) is 10.00 Å². The largest absolute Gasteiger partial charge is 0.370 e. The molecule has 0 radical (unpaired) electrons. The van der Waals surface area contributed by atoms with Gasteiger partial charge in [-0.15, -0.1) is 0 Å². The topological polar surface area (TPSA) is 91.4 Å². The van der Waals surface area contributed by atoms with E-state index in [0.29, 0.717) is 17.9 Å². The highest BCUT2D eigenvalue weighted by Crippen LogP contribution is 2.10. The van der Waals surface area contributed by atoms with Crippen molar-refractivity contribution in [3.05, 3.63) is 23.4 Å². The van der Waals surface area contributed by atoms with Gasteiger partial charge in [0.2, 0.25) is 10.0 Å². The lowest BCUT2D eigenvalue weighted by Gasteiger charge is -2.12. The molecule has 0 saturated heterocycles. The molecule has 1 amide bonds. The Morgan fingerprint density at radius 3 is 2.57 bits per heavy atom. The van der Waals surface area contributed by atoms with Crippen LogP contribution in [0.2, 0.25) is 0 Å². The molecule has 21 heavy (non-hydrogen) atoms. The first kappa shape index (κ1) is 17.4. The van der Waals surface area contributed by atoms with Crippen molar-refractivity contribution in [1.29, 1.82) is 0 Å². The van der Waals surface area contributed by atoms with E-state index in [-0.39, 0.29) is 18.2 Å². The first-order valence-corrected chi connectivity index (χ1v) is 8.28. The second-order valence-electron chi connectivity index (χ2n) is 4.77. The summed E-state index contributed by atoms with van der Waals surface area (Å²) in [4.78, 5) is 16.3. The molecule has 1 heterocycles. The average molecular weight is 314 g/mol. The number of aromatic nitrogens is 1. The minimum Gasteiger partial charge on any atom is -0.370 e. The summed E-state index contributed by atoms with van der Waals surface area (Å²) in [6.07, 6.45) is 0. The number of amides is 1. The maximum Gasteiger partial charge on any atom is 0.251 e. The van der Waals surface area contributed by atoms with E-state index < -0.39 is 10.0 Å². The van der Waals surface area contributed by atoms with E-state index in [2.05, 4.69) is 15.6 Å². The fourth-order valence-corrected chi connectivity index (χ4v) is 2.37. The van der Waals surface area contributed by atoms with Crippen molar-refractivity contribution in [2.24, 2.45) is 0 Å². The number of sulfonamides is 1. The smallest absolute Gasteiger partial charge is 0.251 e. The zero-order valence-corrected chi connectivity index (χ0v) is 13.6. The molecule has 0 bridgehead atoms. The molecular weight excluding hydrogens is 292 g/mol. The fourth-order valence-electron chi connectivity index (χ4n) is 1.65. The van der Waals surface area contributed by atoms with Crippen LogP contribution < -0.4 is 10.6 Å². The van der Waals surface area contributed by atoms with E-state index in [1.165, 1.54) is 14.1 Å². The number of aryl methyl sites for hydroxylation is 1. The predicted molar refractivity (Wildman–Crippen MR) is 82.9 cm³/mol. The Labute approximate surface area is 125 Å². The van der Waals surface area contributed by atoms with Gasteiger partial charge in [0.15, 0.2) is 0 Å². The lowest BCUT2D eigenvalue weighted by Crippen LogP contribution is -2.34. The molecule has 2 N–H and O–H groups in total. The highest BCUT2D eigenvalue weighted by Gasteiger charge is 2.14. The first-order chi connectivity index (χ1) is 9.76. The Morgan fingerprint density at radius 2 is 2.00 bits per heavy atom. The van der Waals surface area contributed by atoms with E-state index in [4.69, 9.17) is 0 Å². The van der Waals surface area contributed by atoms with Crippen molar-refractivity contribution in [1.82, 2.24) is 14.6 Å². The number of hydrogen-bond acceptors (Lipinski definition) is 5. The normalized spacial score (nSPS) is 11.5. The third-order valence-electron chi connectivity index (χ3n) is 2.78. The molecule has 0 spiro atoms. The van der Waals surface area contributed by atoms with Gasteiger partial charge in [0, 0.05) is 38.4 Å². The van der Waals surface area contributed by atoms with Crippen LogP contribution in [0.4, 0.5) is 5.82 Å². The molecule has 0 aliphatic carbocycles. The standard InChI is InChI=1S/C13H22N4O3S/c1-5-14-12-9-11(8-10(2)16-12)13(18)15-6-7-21(19,20)17(3)4/h8-9H,5-7H2,1-4H3,(H,14,16)(H,15,18). The number of rotatable bonds is 7. The zero-order chi connectivity index (χ0) is 16.0. The van der Waals surface area contributed by atoms with Gasteiger partial charge in [0.05, 0.1) is 5.75 Å². The number of carbonyl (C=O) groups is 1. The van der Waals surface area contributed by atoms with Gasteiger partial charge in [0.25, 0.3) is 5.91 Å². The van der Waals surface area contributed by atoms with Crippen LogP contribution in [-0.4, -0.2) is 56.6 Å². The molecule has 118 valence electrons. The quantitative estimate of drug-likeness (QED) is 0.762. The number of anilines is 1. The number of nitrogens with zero attached hydrogens (tertiary/aromatic N) is 2. The second kappa shape index (κ2) is 7.37. The van der Waals surface area contributed by atoms with Crippen molar-refractivity contribution in [2.45, 2.75) is 13.8 Å². The minimum absolute atomic E-state index is 0.0667. The van der Waals surface area contributed by atoms with Gasteiger partial charge >= 0.3 is 0 Å². The van der Waals surface area contributed by atoms with Gasteiger partial charge in [-0.1, -0.05) is 0 Å². The Kier molecular flexibility index (Phi) is 6.10. The summed E-state index contributed by atoms with van der Waals surface area (Å²) >= 11 is 0. The maximum atomic E-state index is 12.0. The summed E-state index contributed by atoms with van der Waals surface area (Å²) in [5.41, 5.74) is 1.18. The van der Waals surface area contributed by atoms with E-state index in [1.807, 2.05) is 6.92 Å². The van der Waals surface area contributed by atoms with Crippen molar-refractivity contribution in [3.8, 4) is 0 Å². The molecule has 7 nitrogen and oxygen atoms in total. The molecule has 0 atom stereocenters. The molecule has 1 aromatic rings. The maximum absolute atomic E-state index is 12.0. The Balaban J connectivity index is 2.68. The molecule has 0 aromatic carbocycles. The fraction of sp³-hybridized carbons (Fsp3) is 0.538. The summed E-state index contributed by atoms with van der Waals surface area (Å²) < 4.78 is 24.3. The lowest BCUT2D eigenvalue weighted by molar-refractivity contribution is 0.0956. The summed E-state index contributed by atoms with van der Waals surface area (Å²) in [5.74, 6) is 0.188. The molecule has 0 unspecified atom stereocenters. The van der Waals surface area contributed by atoms with E-state index >= 15 is 0 Å². The van der Waals surface area contributed by atoms with Crippen molar-refractivity contribution in [2.75, 3.05) is 38.3 Å². The van der Waals surface area contributed by atoms with Gasteiger partial charge in [-0.05, 0) is 26.0 Å². The number of hydrogen-bond donors (Lipinski definition) is 2. The van der Waals surface area contributed by atoms with E-state index in [9.17, 15) is 13.2 Å². The summed E-state index contributed by atoms with van der Waals surface area (Å²) in [7, 11) is -0.378. The molecule has 8 heteroatoms. The summed E-state index contributed by atoms with van der Waals surface area (Å²) in [6.45, 7) is 4.51. The van der Waals surface area contributed by atoms with E-state index in [1.54, 1.807) is 19.1 Å². The number of nitrogens with one attached hydrogen (secondary N) is 2. The molecule has 0 aliphatic rings. The highest BCUT2D eigenvalue weighted by atomic mass is 32.2. The predicted octanol–water partition coefficient (Wildman–Crippen LogP) is 0.443. The first-order valence-electron chi connectivity index (χ1n) is 6.67. The van der Waals surface area contributed by atoms with Gasteiger partial charge < -0.3 is 10.6 Å². The van der Waals surface area contributed by atoms with Gasteiger partial charge in [-0.25, -0.2) is 17.7 Å². The Morgan fingerprint density at radius 1 is 1.33 bits per heavy atom. The van der Waals surface area contributed by atoms with Crippen LogP contribution >= 0.6 is 0 Å². The molecule has 1 aromatic heterocycles. The van der Waals surface area contributed by atoms with Gasteiger partial charge in [0.1, 0.15) is 5.82 Å². The third kappa shape index (κ3) is 5.31. The average Bonchev–Trinajstić information content (AvgIpc) is 2.37. The third-order valence-corrected chi connectivity index (χ3v) is 4.61. The monoisotopic (exact) mass is 314 g/mol. The zero-order valence-electron chi connectivity index (χ0n) is 12.8. The molecule has 0 fully saturated rings.